The number of carbonyl (C=O) groups excluding carboxylic acids is 1. The molecule has 2 rings (SSSR count). The molecule has 1 aliphatic rings. The van der Waals surface area contributed by atoms with Gasteiger partial charge in [-0.15, -0.1) is 0 Å². The maximum atomic E-state index is 11.1. The number of nitrogens with zero attached hydrogens (tertiary/aromatic N) is 2. The molecule has 1 amide bonds. The van der Waals surface area contributed by atoms with Crippen molar-refractivity contribution in [1.29, 1.82) is 0 Å². The molecule has 0 saturated carbocycles. The van der Waals surface area contributed by atoms with Crippen molar-refractivity contribution in [3.05, 3.63) is 18.0 Å². The van der Waals surface area contributed by atoms with Gasteiger partial charge in [0.25, 0.3) is 0 Å². The lowest BCUT2D eigenvalue weighted by Crippen LogP contribution is -2.30. The quantitative estimate of drug-likeness (QED) is 0.798. The number of amides is 1. The van der Waals surface area contributed by atoms with Gasteiger partial charge < -0.3 is 10.6 Å². The van der Waals surface area contributed by atoms with Gasteiger partial charge in [0, 0.05) is 31.7 Å². The normalized spacial score (nSPS) is 19.5. The first kappa shape index (κ1) is 13.1. The summed E-state index contributed by atoms with van der Waals surface area (Å²) in [5.74, 6) is 0.134. The van der Waals surface area contributed by atoms with Crippen molar-refractivity contribution in [1.82, 2.24) is 20.4 Å². The van der Waals surface area contributed by atoms with E-state index in [-0.39, 0.29) is 11.9 Å². The average Bonchev–Trinajstić information content (AvgIpc) is 2.98. The summed E-state index contributed by atoms with van der Waals surface area (Å²) in [5.41, 5.74) is 1.04. The Bertz CT molecular complexity index is 397. The number of carbonyl (C=O) groups is 1. The summed E-state index contributed by atoms with van der Waals surface area (Å²) < 4.78 is 2.05. The molecule has 1 aliphatic heterocycles. The maximum absolute atomic E-state index is 11.1. The summed E-state index contributed by atoms with van der Waals surface area (Å²) in [6.45, 7) is 5.83. The van der Waals surface area contributed by atoms with E-state index < -0.39 is 0 Å². The third kappa shape index (κ3) is 3.10. The number of hydrogen-bond donors (Lipinski definition) is 2. The summed E-state index contributed by atoms with van der Waals surface area (Å²) >= 11 is 0. The lowest BCUT2D eigenvalue weighted by molar-refractivity contribution is -0.119. The molecule has 100 valence electrons. The van der Waals surface area contributed by atoms with E-state index in [4.69, 9.17) is 0 Å². The van der Waals surface area contributed by atoms with Gasteiger partial charge in [0.05, 0.1) is 11.7 Å². The molecular weight excluding hydrogens is 228 g/mol. The molecule has 18 heavy (non-hydrogen) atoms. The molecule has 0 aromatic carbocycles. The van der Waals surface area contributed by atoms with Crippen molar-refractivity contribution < 1.29 is 4.79 Å². The van der Waals surface area contributed by atoms with Crippen molar-refractivity contribution in [2.24, 2.45) is 0 Å². The average molecular weight is 250 g/mol. The molecule has 1 aromatic heterocycles. The highest BCUT2D eigenvalue weighted by molar-refractivity contribution is 5.78. The van der Waals surface area contributed by atoms with Crippen LogP contribution < -0.4 is 10.6 Å². The van der Waals surface area contributed by atoms with Crippen LogP contribution in [-0.2, 0) is 11.3 Å². The lowest BCUT2D eigenvalue weighted by atomic mass is 10.2. The molecule has 2 heterocycles. The first-order chi connectivity index (χ1) is 8.72. The van der Waals surface area contributed by atoms with Crippen LogP contribution in [0.4, 0.5) is 0 Å². The Hall–Kier alpha value is -1.36. The second kappa shape index (κ2) is 6.00. The van der Waals surface area contributed by atoms with Crippen LogP contribution in [0.25, 0.3) is 0 Å². The Morgan fingerprint density at radius 2 is 2.33 bits per heavy atom. The molecule has 1 aromatic rings. The lowest BCUT2D eigenvalue weighted by Gasteiger charge is -2.12. The monoisotopic (exact) mass is 250 g/mol. The second-order valence-corrected chi connectivity index (χ2v) is 4.84. The van der Waals surface area contributed by atoms with E-state index in [9.17, 15) is 4.79 Å². The number of aromatic nitrogens is 2. The van der Waals surface area contributed by atoms with Gasteiger partial charge in [0.1, 0.15) is 0 Å². The van der Waals surface area contributed by atoms with Gasteiger partial charge >= 0.3 is 0 Å². The van der Waals surface area contributed by atoms with Crippen molar-refractivity contribution >= 4 is 5.91 Å². The molecule has 0 radical (unpaired) electrons. The molecule has 1 saturated heterocycles. The van der Waals surface area contributed by atoms with E-state index in [1.54, 1.807) is 0 Å². The number of hydrogen-bond acceptors (Lipinski definition) is 3. The van der Waals surface area contributed by atoms with Crippen molar-refractivity contribution in [2.75, 3.05) is 6.54 Å². The van der Waals surface area contributed by atoms with Gasteiger partial charge in [0.15, 0.2) is 0 Å². The summed E-state index contributed by atoms with van der Waals surface area (Å²) in [6.07, 6.45) is 4.83. The smallest absolute Gasteiger partial charge is 0.221 e. The molecule has 5 heteroatoms. The summed E-state index contributed by atoms with van der Waals surface area (Å²) in [6, 6.07) is 2.79. The van der Waals surface area contributed by atoms with Crippen LogP contribution in [-0.4, -0.2) is 28.3 Å². The van der Waals surface area contributed by atoms with Gasteiger partial charge in [-0.3, -0.25) is 9.48 Å². The fourth-order valence-corrected chi connectivity index (χ4v) is 2.34. The van der Waals surface area contributed by atoms with Gasteiger partial charge in [0.2, 0.25) is 5.91 Å². The van der Waals surface area contributed by atoms with Crippen LogP contribution in [0.15, 0.2) is 12.3 Å². The fourth-order valence-electron chi connectivity index (χ4n) is 2.34. The highest BCUT2D eigenvalue weighted by Gasteiger charge is 2.20. The predicted molar refractivity (Wildman–Crippen MR) is 70.1 cm³/mol. The first-order valence-electron chi connectivity index (χ1n) is 6.77. The van der Waals surface area contributed by atoms with Crippen LogP contribution in [0, 0.1) is 0 Å². The first-order valence-corrected chi connectivity index (χ1v) is 6.77. The van der Waals surface area contributed by atoms with E-state index in [1.165, 1.54) is 0 Å². The zero-order chi connectivity index (χ0) is 13.0. The summed E-state index contributed by atoms with van der Waals surface area (Å²) in [7, 11) is 0. The highest BCUT2D eigenvalue weighted by Crippen LogP contribution is 2.14. The summed E-state index contributed by atoms with van der Waals surface area (Å²) in [5, 5.41) is 10.8. The highest BCUT2D eigenvalue weighted by atomic mass is 16.1. The Morgan fingerprint density at radius 1 is 1.56 bits per heavy atom. The van der Waals surface area contributed by atoms with Crippen LogP contribution in [0.3, 0.4) is 0 Å². The van der Waals surface area contributed by atoms with E-state index >= 15 is 0 Å². The minimum atomic E-state index is 0.134. The molecular formula is C13H22N4O. The predicted octanol–water partition coefficient (Wildman–Crippen LogP) is 1.22. The van der Waals surface area contributed by atoms with Crippen molar-refractivity contribution in [3.8, 4) is 0 Å². The molecule has 2 N–H and O–H groups in total. The van der Waals surface area contributed by atoms with E-state index in [0.717, 1.165) is 31.6 Å². The van der Waals surface area contributed by atoms with E-state index in [2.05, 4.69) is 40.3 Å². The zero-order valence-electron chi connectivity index (χ0n) is 11.1. The minimum Gasteiger partial charge on any atom is -0.354 e. The van der Waals surface area contributed by atoms with E-state index in [0.29, 0.717) is 12.5 Å². The molecule has 0 spiro atoms. The maximum Gasteiger partial charge on any atom is 0.221 e. The van der Waals surface area contributed by atoms with E-state index in [1.807, 2.05) is 6.20 Å². The van der Waals surface area contributed by atoms with Gasteiger partial charge in [-0.2, -0.15) is 5.10 Å². The molecule has 0 bridgehead atoms. The number of nitrogens with one attached hydrogen (secondary N) is 2. The Morgan fingerprint density at radius 3 is 2.94 bits per heavy atom. The summed E-state index contributed by atoms with van der Waals surface area (Å²) in [4.78, 5) is 11.1. The topological polar surface area (TPSA) is 59.0 Å². The van der Waals surface area contributed by atoms with Gasteiger partial charge in [-0.1, -0.05) is 13.8 Å². The standard InChI is InChI=1S/C13H22N4O/c1-3-12(4-2)17-6-5-10(16-17)8-14-11-7-13(18)15-9-11/h5-6,11-12,14H,3-4,7-9H2,1-2H3,(H,15,18). The van der Waals surface area contributed by atoms with Gasteiger partial charge in [-0.05, 0) is 18.9 Å². The molecule has 1 unspecified atom stereocenters. The third-order valence-electron chi connectivity index (χ3n) is 3.53. The Balaban J connectivity index is 1.85. The largest absolute Gasteiger partial charge is 0.354 e. The molecule has 1 atom stereocenters. The number of rotatable bonds is 6. The van der Waals surface area contributed by atoms with Crippen LogP contribution >= 0.6 is 0 Å². The fraction of sp³-hybridized carbons (Fsp3) is 0.692. The molecule has 5 nitrogen and oxygen atoms in total. The SMILES string of the molecule is CCC(CC)n1ccc(CNC2CNC(=O)C2)n1. The third-order valence-corrected chi connectivity index (χ3v) is 3.53. The van der Waals surface area contributed by atoms with Crippen LogP contribution in [0.5, 0.6) is 0 Å². The van der Waals surface area contributed by atoms with Crippen LogP contribution in [0.1, 0.15) is 44.8 Å². The second-order valence-electron chi connectivity index (χ2n) is 4.84. The Kier molecular flexibility index (Phi) is 4.36. The Labute approximate surface area is 108 Å². The van der Waals surface area contributed by atoms with Gasteiger partial charge in [-0.25, -0.2) is 0 Å². The molecule has 0 aliphatic carbocycles. The van der Waals surface area contributed by atoms with Crippen molar-refractivity contribution in [2.45, 2.75) is 51.7 Å². The zero-order valence-corrected chi connectivity index (χ0v) is 11.1. The van der Waals surface area contributed by atoms with Crippen molar-refractivity contribution in [3.63, 3.8) is 0 Å². The van der Waals surface area contributed by atoms with Crippen LogP contribution in [0.2, 0.25) is 0 Å². The molecule has 1 fully saturated rings. The minimum absolute atomic E-state index is 0.134.